The van der Waals surface area contributed by atoms with E-state index in [0.29, 0.717) is 12.6 Å². The standard InChI is InChI=1S/C17H26FN5OS.HI/c1-20-17(21-8-11-25-15-4-2-13(18)3-5-15)22-14-6-9-23(10-7-14)12-16(19)24;/h2-5,14H,6-12H2,1H3,(H2,19,24)(H2,20,21,22);1H. The fourth-order valence-corrected chi connectivity index (χ4v) is 3.48. The van der Waals surface area contributed by atoms with Crippen LogP contribution in [0.4, 0.5) is 4.39 Å². The molecule has 0 bridgehead atoms. The van der Waals surface area contributed by atoms with Crippen molar-refractivity contribution >= 4 is 47.6 Å². The molecule has 26 heavy (non-hydrogen) atoms. The molecule has 4 N–H and O–H groups in total. The predicted molar refractivity (Wildman–Crippen MR) is 116 cm³/mol. The van der Waals surface area contributed by atoms with Crippen LogP contribution in [0.2, 0.25) is 0 Å². The number of guanidine groups is 1. The molecule has 0 radical (unpaired) electrons. The van der Waals surface area contributed by atoms with Gasteiger partial charge in [0.15, 0.2) is 5.96 Å². The van der Waals surface area contributed by atoms with Gasteiger partial charge in [0.2, 0.25) is 5.91 Å². The fraction of sp³-hybridized carbons (Fsp3) is 0.529. The van der Waals surface area contributed by atoms with Crippen molar-refractivity contribution < 1.29 is 9.18 Å². The van der Waals surface area contributed by atoms with Crippen LogP contribution in [-0.2, 0) is 4.79 Å². The third-order valence-electron chi connectivity index (χ3n) is 4.01. The number of benzene rings is 1. The molecular formula is C17H27FIN5OS. The van der Waals surface area contributed by atoms with Crippen molar-refractivity contribution in [1.29, 1.82) is 0 Å². The lowest BCUT2D eigenvalue weighted by atomic mass is 10.1. The summed E-state index contributed by atoms with van der Waals surface area (Å²) in [4.78, 5) is 18.3. The molecule has 1 fully saturated rings. The van der Waals surface area contributed by atoms with Gasteiger partial charge in [-0.3, -0.25) is 14.7 Å². The molecule has 2 rings (SSSR count). The Hall–Kier alpha value is -1.07. The van der Waals surface area contributed by atoms with Gasteiger partial charge in [0, 0.05) is 43.4 Å². The third-order valence-corrected chi connectivity index (χ3v) is 5.02. The molecule has 1 aromatic rings. The molecule has 0 aliphatic carbocycles. The molecule has 1 aliphatic heterocycles. The lowest BCUT2D eigenvalue weighted by molar-refractivity contribution is -0.119. The van der Waals surface area contributed by atoms with Gasteiger partial charge in [0.25, 0.3) is 0 Å². The minimum absolute atomic E-state index is 0. The highest BCUT2D eigenvalue weighted by Crippen LogP contribution is 2.17. The summed E-state index contributed by atoms with van der Waals surface area (Å²) in [5.74, 6) is 1.16. The van der Waals surface area contributed by atoms with E-state index in [2.05, 4.69) is 20.5 Å². The van der Waals surface area contributed by atoms with Gasteiger partial charge in [-0.25, -0.2) is 4.39 Å². The average molecular weight is 495 g/mol. The smallest absolute Gasteiger partial charge is 0.231 e. The summed E-state index contributed by atoms with van der Waals surface area (Å²) in [6.45, 7) is 2.82. The van der Waals surface area contributed by atoms with Crippen LogP contribution >= 0.6 is 35.7 Å². The summed E-state index contributed by atoms with van der Waals surface area (Å²) in [5, 5.41) is 6.72. The van der Waals surface area contributed by atoms with Gasteiger partial charge in [0.1, 0.15) is 5.82 Å². The van der Waals surface area contributed by atoms with Crippen LogP contribution in [0.15, 0.2) is 34.2 Å². The molecular weight excluding hydrogens is 468 g/mol. The first-order valence-electron chi connectivity index (χ1n) is 8.43. The van der Waals surface area contributed by atoms with Crippen molar-refractivity contribution in [3.05, 3.63) is 30.1 Å². The van der Waals surface area contributed by atoms with Crippen LogP contribution in [0.25, 0.3) is 0 Å². The number of hydrogen-bond donors (Lipinski definition) is 3. The van der Waals surface area contributed by atoms with Crippen LogP contribution in [0.5, 0.6) is 0 Å². The van der Waals surface area contributed by atoms with E-state index in [1.165, 1.54) is 12.1 Å². The Bertz CT molecular complexity index is 579. The van der Waals surface area contributed by atoms with E-state index in [-0.39, 0.29) is 35.7 Å². The molecule has 1 amide bonds. The number of amides is 1. The number of piperidine rings is 1. The van der Waals surface area contributed by atoms with E-state index in [1.54, 1.807) is 30.9 Å². The molecule has 0 saturated carbocycles. The Morgan fingerprint density at radius 3 is 2.58 bits per heavy atom. The summed E-state index contributed by atoms with van der Waals surface area (Å²) >= 11 is 1.67. The third kappa shape index (κ3) is 8.54. The molecule has 6 nitrogen and oxygen atoms in total. The van der Waals surface area contributed by atoms with Gasteiger partial charge >= 0.3 is 0 Å². The number of thioether (sulfide) groups is 1. The van der Waals surface area contributed by atoms with Crippen molar-refractivity contribution in [3.8, 4) is 0 Å². The molecule has 1 aliphatic rings. The molecule has 0 aromatic heterocycles. The Morgan fingerprint density at radius 1 is 1.35 bits per heavy atom. The minimum atomic E-state index is -0.275. The van der Waals surface area contributed by atoms with Crippen molar-refractivity contribution in [2.75, 3.05) is 39.0 Å². The SMILES string of the molecule is CN=C(NCCSc1ccc(F)cc1)NC1CCN(CC(N)=O)CC1.I. The molecule has 146 valence electrons. The maximum Gasteiger partial charge on any atom is 0.231 e. The van der Waals surface area contributed by atoms with E-state index >= 15 is 0 Å². The first-order valence-corrected chi connectivity index (χ1v) is 9.41. The highest BCUT2D eigenvalue weighted by Gasteiger charge is 2.20. The molecule has 1 saturated heterocycles. The zero-order valence-corrected chi connectivity index (χ0v) is 18.1. The summed E-state index contributed by atoms with van der Waals surface area (Å²) in [6.07, 6.45) is 1.91. The molecule has 0 atom stereocenters. The number of primary amides is 1. The van der Waals surface area contributed by atoms with E-state index < -0.39 is 0 Å². The lowest BCUT2D eigenvalue weighted by Gasteiger charge is -2.32. The average Bonchev–Trinajstić information content (AvgIpc) is 2.60. The first-order chi connectivity index (χ1) is 12.1. The van der Waals surface area contributed by atoms with Crippen molar-refractivity contribution in [1.82, 2.24) is 15.5 Å². The van der Waals surface area contributed by atoms with Crippen LogP contribution in [0.1, 0.15) is 12.8 Å². The topological polar surface area (TPSA) is 82.8 Å². The zero-order valence-electron chi connectivity index (χ0n) is 14.9. The summed E-state index contributed by atoms with van der Waals surface area (Å²) < 4.78 is 12.9. The Balaban J connectivity index is 0.00000338. The van der Waals surface area contributed by atoms with Crippen LogP contribution in [0, 0.1) is 5.82 Å². The maximum absolute atomic E-state index is 12.9. The number of halogens is 2. The predicted octanol–water partition coefficient (Wildman–Crippen LogP) is 1.65. The van der Waals surface area contributed by atoms with Crippen LogP contribution in [-0.4, -0.2) is 61.8 Å². The number of rotatable bonds is 7. The highest BCUT2D eigenvalue weighted by atomic mass is 127. The van der Waals surface area contributed by atoms with Crippen molar-refractivity contribution in [2.24, 2.45) is 10.7 Å². The van der Waals surface area contributed by atoms with Gasteiger partial charge in [-0.2, -0.15) is 0 Å². The van der Waals surface area contributed by atoms with Crippen molar-refractivity contribution in [3.63, 3.8) is 0 Å². The van der Waals surface area contributed by atoms with E-state index in [0.717, 1.165) is 49.1 Å². The number of aliphatic imine (C=N–C) groups is 1. The fourth-order valence-electron chi connectivity index (χ4n) is 2.71. The van der Waals surface area contributed by atoms with E-state index in [1.807, 2.05) is 0 Å². The number of nitrogens with two attached hydrogens (primary N) is 1. The number of nitrogens with one attached hydrogen (secondary N) is 2. The second kappa shape index (κ2) is 12.3. The first kappa shape index (κ1) is 23.0. The minimum Gasteiger partial charge on any atom is -0.369 e. The second-order valence-electron chi connectivity index (χ2n) is 5.96. The Labute approximate surface area is 175 Å². The van der Waals surface area contributed by atoms with Gasteiger partial charge < -0.3 is 16.4 Å². The zero-order chi connectivity index (χ0) is 18.1. The van der Waals surface area contributed by atoms with Gasteiger partial charge in [-0.1, -0.05) is 0 Å². The summed E-state index contributed by atoms with van der Waals surface area (Å²) in [7, 11) is 1.75. The quantitative estimate of drug-likeness (QED) is 0.176. The van der Waals surface area contributed by atoms with E-state index in [9.17, 15) is 9.18 Å². The second-order valence-corrected chi connectivity index (χ2v) is 7.13. The lowest BCUT2D eigenvalue weighted by Crippen LogP contribution is -2.50. The number of carbonyl (C=O) groups is 1. The van der Waals surface area contributed by atoms with E-state index in [4.69, 9.17) is 5.73 Å². The molecule has 1 aromatic carbocycles. The van der Waals surface area contributed by atoms with Crippen LogP contribution < -0.4 is 16.4 Å². The molecule has 0 spiro atoms. The number of hydrogen-bond acceptors (Lipinski definition) is 4. The van der Waals surface area contributed by atoms with Crippen LogP contribution in [0.3, 0.4) is 0 Å². The van der Waals surface area contributed by atoms with Gasteiger partial charge in [-0.15, -0.1) is 35.7 Å². The van der Waals surface area contributed by atoms with Gasteiger partial charge in [-0.05, 0) is 37.1 Å². The number of nitrogens with zero attached hydrogens (tertiary/aromatic N) is 2. The maximum atomic E-state index is 12.9. The molecule has 9 heteroatoms. The summed E-state index contributed by atoms with van der Waals surface area (Å²) in [5.41, 5.74) is 5.23. The normalized spacial score (nSPS) is 16.0. The number of likely N-dealkylation sites (tertiary alicyclic amines) is 1. The summed E-state index contributed by atoms with van der Waals surface area (Å²) in [6, 6.07) is 6.86. The highest BCUT2D eigenvalue weighted by molar-refractivity contribution is 14.0. The number of carbonyl (C=O) groups excluding carboxylic acids is 1. The Morgan fingerprint density at radius 2 is 2.00 bits per heavy atom. The molecule has 0 unspecified atom stereocenters. The largest absolute Gasteiger partial charge is 0.369 e. The molecule has 1 heterocycles. The van der Waals surface area contributed by atoms with Crippen molar-refractivity contribution in [2.45, 2.75) is 23.8 Å². The van der Waals surface area contributed by atoms with Gasteiger partial charge in [0.05, 0.1) is 6.54 Å². The Kier molecular flexibility index (Phi) is 10.9. The monoisotopic (exact) mass is 495 g/mol.